The Balaban J connectivity index is 1.57. The van der Waals surface area contributed by atoms with Gasteiger partial charge in [-0.15, -0.1) is 0 Å². The molecule has 0 saturated carbocycles. The third-order valence-electron chi connectivity index (χ3n) is 5.92. The largest absolute Gasteiger partial charge is 0.468 e. The molecule has 0 spiro atoms. The second kappa shape index (κ2) is 7.92. The lowest BCUT2D eigenvalue weighted by molar-refractivity contribution is 0.286. The predicted molar refractivity (Wildman–Crippen MR) is 117 cm³/mol. The van der Waals surface area contributed by atoms with Crippen molar-refractivity contribution >= 4 is 10.9 Å². The van der Waals surface area contributed by atoms with E-state index < -0.39 is 0 Å². The summed E-state index contributed by atoms with van der Waals surface area (Å²) < 4.78 is 7.39. The fourth-order valence-corrected chi connectivity index (χ4v) is 4.47. The fourth-order valence-electron chi connectivity index (χ4n) is 4.47. The Hall–Kier alpha value is -3.18. The van der Waals surface area contributed by atoms with E-state index in [-0.39, 0.29) is 5.56 Å². The highest BCUT2D eigenvalue weighted by atomic mass is 16.3. The van der Waals surface area contributed by atoms with Crippen molar-refractivity contribution in [3.63, 3.8) is 0 Å². The molecular formula is C25H25N3O2. The monoisotopic (exact) mass is 399 g/mol. The van der Waals surface area contributed by atoms with Gasteiger partial charge in [0.05, 0.1) is 24.9 Å². The molecule has 1 aliphatic carbocycles. The Kier molecular flexibility index (Phi) is 4.97. The molecule has 0 bridgehead atoms. The van der Waals surface area contributed by atoms with Crippen LogP contribution in [-0.2, 0) is 32.5 Å². The van der Waals surface area contributed by atoms with Crippen LogP contribution >= 0.6 is 0 Å². The first kappa shape index (κ1) is 18.8. The molecule has 30 heavy (non-hydrogen) atoms. The van der Waals surface area contributed by atoms with E-state index in [1.807, 2.05) is 35.9 Å². The number of furan rings is 1. The average molecular weight is 399 g/mol. The highest BCUT2D eigenvalue weighted by Gasteiger charge is 2.17. The Morgan fingerprint density at radius 2 is 1.87 bits per heavy atom. The number of nitrogens with zero attached hydrogens (tertiary/aromatic N) is 3. The molecule has 0 fully saturated rings. The highest BCUT2D eigenvalue weighted by Crippen LogP contribution is 2.28. The second-order valence-corrected chi connectivity index (χ2v) is 8.20. The molecule has 1 aliphatic rings. The van der Waals surface area contributed by atoms with E-state index in [1.54, 1.807) is 18.7 Å². The van der Waals surface area contributed by atoms with Crippen molar-refractivity contribution in [3.8, 4) is 0 Å². The Morgan fingerprint density at radius 3 is 2.63 bits per heavy atom. The van der Waals surface area contributed by atoms with E-state index in [1.165, 1.54) is 17.5 Å². The van der Waals surface area contributed by atoms with Crippen molar-refractivity contribution in [2.75, 3.05) is 7.05 Å². The summed E-state index contributed by atoms with van der Waals surface area (Å²) in [4.78, 5) is 19.7. The summed E-state index contributed by atoms with van der Waals surface area (Å²) >= 11 is 0. The number of aryl methyl sites for hydroxylation is 2. The van der Waals surface area contributed by atoms with Crippen LogP contribution in [0.3, 0.4) is 0 Å². The van der Waals surface area contributed by atoms with E-state index in [2.05, 4.69) is 28.1 Å². The lowest BCUT2D eigenvalue weighted by atomic mass is 10.0. The SMILES string of the molecule is CN(Cc1ccco1)Cc1cc2cc3c(cc2n(Cc2ccncc2)c1=O)CCC3. The van der Waals surface area contributed by atoms with Crippen LogP contribution in [0.25, 0.3) is 10.9 Å². The van der Waals surface area contributed by atoms with Gasteiger partial charge in [0.1, 0.15) is 5.76 Å². The fraction of sp³-hybridized carbons (Fsp3) is 0.280. The van der Waals surface area contributed by atoms with E-state index in [0.29, 0.717) is 19.6 Å². The summed E-state index contributed by atoms with van der Waals surface area (Å²) in [5, 5.41) is 1.14. The van der Waals surface area contributed by atoms with Crippen LogP contribution in [0, 0.1) is 0 Å². The van der Waals surface area contributed by atoms with Gasteiger partial charge in [0, 0.05) is 24.5 Å². The summed E-state index contributed by atoms with van der Waals surface area (Å²) in [6.07, 6.45) is 8.66. The van der Waals surface area contributed by atoms with Gasteiger partial charge in [0.15, 0.2) is 0 Å². The Morgan fingerprint density at radius 1 is 1.07 bits per heavy atom. The molecule has 0 atom stereocenters. The smallest absolute Gasteiger partial charge is 0.255 e. The number of hydrogen-bond donors (Lipinski definition) is 0. The predicted octanol–water partition coefficient (Wildman–Crippen LogP) is 4.16. The molecule has 0 radical (unpaired) electrons. The standard InChI is InChI=1S/C25H25N3O2/c1-27(17-23-6-3-11-30-23)16-22-13-21-12-19-4-2-5-20(19)14-24(21)28(25(22)29)15-18-7-9-26-10-8-18/h3,6-14H,2,4-5,15-17H2,1H3. The molecule has 3 aromatic heterocycles. The van der Waals surface area contributed by atoms with Crippen molar-refractivity contribution in [2.45, 2.75) is 38.9 Å². The molecule has 5 nitrogen and oxygen atoms in total. The summed E-state index contributed by atoms with van der Waals surface area (Å²) in [5.41, 5.74) is 5.79. The van der Waals surface area contributed by atoms with Gasteiger partial charge in [-0.2, -0.15) is 0 Å². The molecule has 0 aliphatic heterocycles. The maximum Gasteiger partial charge on any atom is 0.255 e. The second-order valence-electron chi connectivity index (χ2n) is 8.20. The minimum absolute atomic E-state index is 0.0727. The molecule has 0 unspecified atom stereocenters. The van der Waals surface area contributed by atoms with Crippen LogP contribution < -0.4 is 5.56 Å². The van der Waals surface area contributed by atoms with Crippen molar-refractivity contribution in [1.29, 1.82) is 0 Å². The number of pyridine rings is 2. The van der Waals surface area contributed by atoms with Crippen LogP contribution in [-0.4, -0.2) is 21.5 Å². The van der Waals surface area contributed by atoms with Crippen LogP contribution in [0.4, 0.5) is 0 Å². The Labute approximate surface area is 175 Å². The molecular weight excluding hydrogens is 374 g/mol. The summed E-state index contributed by atoms with van der Waals surface area (Å²) in [7, 11) is 2.02. The first-order valence-corrected chi connectivity index (χ1v) is 10.5. The zero-order valence-electron chi connectivity index (χ0n) is 17.2. The lowest BCUT2D eigenvalue weighted by Gasteiger charge is -2.18. The molecule has 1 aromatic carbocycles. The maximum atomic E-state index is 13.5. The van der Waals surface area contributed by atoms with Gasteiger partial charge in [-0.25, -0.2) is 0 Å². The van der Waals surface area contributed by atoms with Crippen molar-refractivity contribution in [3.05, 3.63) is 99.5 Å². The molecule has 5 heteroatoms. The van der Waals surface area contributed by atoms with E-state index in [4.69, 9.17) is 4.42 Å². The van der Waals surface area contributed by atoms with E-state index in [0.717, 1.165) is 40.6 Å². The molecule has 0 N–H and O–H groups in total. The van der Waals surface area contributed by atoms with Gasteiger partial charge >= 0.3 is 0 Å². The van der Waals surface area contributed by atoms with Crippen LogP contribution in [0.15, 0.2) is 70.3 Å². The molecule has 3 heterocycles. The molecule has 152 valence electrons. The quantitative estimate of drug-likeness (QED) is 0.489. The number of aromatic nitrogens is 2. The van der Waals surface area contributed by atoms with Crippen LogP contribution in [0.2, 0.25) is 0 Å². The molecule has 4 aromatic rings. The lowest BCUT2D eigenvalue weighted by Crippen LogP contribution is -2.29. The topological polar surface area (TPSA) is 51.3 Å². The van der Waals surface area contributed by atoms with Crippen molar-refractivity contribution in [2.24, 2.45) is 0 Å². The zero-order valence-corrected chi connectivity index (χ0v) is 17.2. The maximum absolute atomic E-state index is 13.5. The number of rotatable bonds is 6. The summed E-state index contributed by atoms with van der Waals surface area (Å²) in [6, 6.07) is 14.4. The number of benzene rings is 1. The van der Waals surface area contributed by atoms with Crippen LogP contribution in [0.5, 0.6) is 0 Å². The first-order valence-electron chi connectivity index (χ1n) is 10.5. The number of fused-ring (bicyclic) bond motifs is 2. The van der Waals surface area contributed by atoms with Crippen molar-refractivity contribution in [1.82, 2.24) is 14.5 Å². The zero-order chi connectivity index (χ0) is 20.5. The van der Waals surface area contributed by atoms with Gasteiger partial charge in [0.25, 0.3) is 5.56 Å². The third kappa shape index (κ3) is 3.68. The van der Waals surface area contributed by atoms with E-state index in [9.17, 15) is 4.79 Å². The molecule has 5 rings (SSSR count). The van der Waals surface area contributed by atoms with Crippen LogP contribution in [0.1, 0.15) is 34.4 Å². The van der Waals surface area contributed by atoms with Gasteiger partial charge in [-0.05, 0) is 90.9 Å². The Bertz CT molecular complexity index is 1230. The number of hydrogen-bond acceptors (Lipinski definition) is 4. The minimum atomic E-state index is 0.0727. The normalized spacial score (nSPS) is 13.3. The van der Waals surface area contributed by atoms with Gasteiger partial charge in [0.2, 0.25) is 0 Å². The molecule has 0 saturated heterocycles. The highest BCUT2D eigenvalue weighted by molar-refractivity contribution is 5.82. The van der Waals surface area contributed by atoms with Gasteiger partial charge in [-0.3, -0.25) is 14.7 Å². The average Bonchev–Trinajstić information content (AvgIpc) is 3.42. The van der Waals surface area contributed by atoms with Gasteiger partial charge in [-0.1, -0.05) is 0 Å². The van der Waals surface area contributed by atoms with E-state index >= 15 is 0 Å². The summed E-state index contributed by atoms with van der Waals surface area (Å²) in [6.45, 7) is 1.79. The third-order valence-corrected chi connectivity index (χ3v) is 5.92. The first-order chi connectivity index (χ1) is 14.7. The van der Waals surface area contributed by atoms with Crippen molar-refractivity contribution < 1.29 is 4.42 Å². The van der Waals surface area contributed by atoms with Gasteiger partial charge < -0.3 is 8.98 Å². The molecule has 0 amide bonds. The minimum Gasteiger partial charge on any atom is -0.468 e. The summed E-state index contributed by atoms with van der Waals surface area (Å²) in [5.74, 6) is 0.896.